The Bertz CT molecular complexity index is 393. The van der Waals surface area contributed by atoms with Gasteiger partial charge in [0.25, 0.3) is 0 Å². The maximum Gasteiger partial charge on any atom is 0.354 e. The minimum absolute atomic E-state index is 0.111. The molecule has 2 heterocycles. The maximum atomic E-state index is 10.7. The first-order chi connectivity index (χ1) is 7.25. The Morgan fingerprint density at radius 3 is 2.80 bits per heavy atom. The van der Waals surface area contributed by atoms with E-state index >= 15 is 0 Å². The summed E-state index contributed by atoms with van der Waals surface area (Å²) in [6.45, 7) is 2.53. The second kappa shape index (κ2) is 4.23. The lowest BCUT2D eigenvalue weighted by atomic mass is 10.3. The van der Waals surface area contributed by atoms with Gasteiger partial charge in [-0.05, 0) is 12.1 Å². The van der Waals surface area contributed by atoms with Gasteiger partial charge < -0.3 is 5.11 Å². The van der Waals surface area contributed by atoms with Crippen molar-refractivity contribution in [2.45, 2.75) is 6.54 Å². The van der Waals surface area contributed by atoms with Crippen LogP contribution in [-0.2, 0) is 6.54 Å². The average Bonchev–Trinajstić information content (AvgIpc) is 2.71. The Kier molecular flexibility index (Phi) is 2.78. The first-order valence-electron chi connectivity index (χ1n) is 4.82. The van der Waals surface area contributed by atoms with E-state index in [4.69, 9.17) is 5.11 Å². The van der Waals surface area contributed by atoms with E-state index in [1.165, 1.54) is 6.07 Å². The molecular weight excluding hydrogens is 192 g/mol. The Balaban J connectivity index is 2.07. The second-order valence-corrected chi connectivity index (χ2v) is 3.48. The first-order valence-corrected chi connectivity index (χ1v) is 4.82. The van der Waals surface area contributed by atoms with Gasteiger partial charge in [0.1, 0.15) is 5.69 Å². The Morgan fingerprint density at radius 2 is 2.13 bits per heavy atom. The molecule has 78 valence electrons. The molecule has 1 aliphatic heterocycles. The van der Waals surface area contributed by atoms with Gasteiger partial charge in [-0.1, -0.05) is 18.2 Å². The summed E-state index contributed by atoms with van der Waals surface area (Å²) < 4.78 is 0. The van der Waals surface area contributed by atoms with Crippen LogP contribution in [-0.4, -0.2) is 34.0 Å². The molecule has 2 rings (SSSR count). The second-order valence-electron chi connectivity index (χ2n) is 3.48. The quantitative estimate of drug-likeness (QED) is 0.750. The van der Waals surface area contributed by atoms with Crippen LogP contribution in [0.3, 0.4) is 0 Å². The average molecular weight is 204 g/mol. The highest BCUT2D eigenvalue weighted by Crippen LogP contribution is 2.07. The molecule has 15 heavy (non-hydrogen) atoms. The highest BCUT2D eigenvalue weighted by Gasteiger charge is 2.09. The molecule has 0 saturated heterocycles. The van der Waals surface area contributed by atoms with Crippen molar-refractivity contribution in [3.8, 4) is 0 Å². The van der Waals surface area contributed by atoms with E-state index in [-0.39, 0.29) is 5.69 Å². The van der Waals surface area contributed by atoms with E-state index in [9.17, 15) is 4.79 Å². The van der Waals surface area contributed by atoms with Crippen molar-refractivity contribution in [3.05, 3.63) is 41.7 Å². The zero-order valence-electron chi connectivity index (χ0n) is 8.26. The number of aromatic carboxylic acids is 1. The summed E-state index contributed by atoms with van der Waals surface area (Å²) in [6, 6.07) is 5.09. The molecule has 0 fully saturated rings. The minimum Gasteiger partial charge on any atom is -0.477 e. The van der Waals surface area contributed by atoms with Gasteiger partial charge in [-0.15, -0.1) is 0 Å². The van der Waals surface area contributed by atoms with Crippen LogP contribution in [0.25, 0.3) is 0 Å². The van der Waals surface area contributed by atoms with Crippen molar-refractivity contribution < 1.29 is 9.90 Å². The van der Waals surface area contributed by atoms with Gasteiger partial charge in [0.2, 0.25) is 0 Å². The predicted molar refractivity (Wildman–Crippen MR) is 55.6 cm³/mol. The van der Waals surface area contributed by atoms with Crippen molar-refractivity contribution in [3.63, 3.8) is 0 Å². The van der Waals surface area contributed by atoms with Gasteiger partial charge in [0.15, 0.2) is 0 Å². The zero-order valence-corrected chi connectivity index (χ0v) is 8.26. The molecule has 4 heteroatoms. The normalized spacial score (nSPS) is 15.7. The summed E-state index contributed by atoms with van der Waals surface area (Å²) >= 11 is 0. The van der Waals surface area contributed by atoms with Crippen LogP contribution < -0.4 is 0 Å². The van der Waals surface area contributed by atoms with Crippen molar-refractivity contribution in [2.24, 2.45) is 0 Å². The highest BCUT2D eigenvalue weighted by atomic mass is 16.4. The summed E-state index contributed by atoms with van der Waals surface area (Å²) in [4.78, 5) is 17.0. The summed E-state index contributed by atoms with van der Waals surface area (Å²) in [6.07, 6.45) is 4.20. The third-order valence-electron chi connectivity index (χ3n) is 2.31. The fraction of sp³-hybridized carbons (Fsp3) is 0.273. The van der Waals surface area contributed by atoms with Crippen LogP contribution in [0.1, 0.15) is 16.2 Å². The number of carbonyl (C=O) groups is 1. The largest absolute Gasteiger partial charge is 0.477 e. The van der Waals surface area contributed by atoms with Gasteiger partial charge in [0, 0.05) is 19.6 Å². The van der Waals surface area contributed by atoms with Crippen LogP contribution in [0.4, 0.5) is 0 Å². The van der Waals surface area contributed by atoms with Crippen LogP contribution >= 0.6 is 0 Å². The minimum atomic E-state index is -0.976. The number of rotatable bonds is 3. The standard InChI is InChI=1S/C11H12N2O2/c14-11(15)10-5-3-4-9(12-10)8-13-6-1-2-7-13/h1-5H,6-8H2,(H,14,15). The number of aromatic nitrogens is 1. The van der Waals surface area contributed by atoms with E-state index in [0.29, 0.717) is 6.54 Å². The van der Waals surface area contributed by atoms with Gasteiger partial charge >= 0.3 is 5.97 Å². The molecule has 1 N–H and O–H groups in total. The lowest BCUT2D eigenvalue weighted by Gasteiger charge is -2.13. The number of pyridine rings is 1. The molecular formula is C11H12N2O2. The molecule has 0 amide bonds. The number of nitrogens with zero attached hydrogens (tertiary/aromatic N) is 2. The molecule has 0 unspecified atom stereocenters. The van der Waals surface area contributed by atoms with Gasteiger partial charge in [0.05, 0.1) is 5.69 Å². The Morgan fingerprint density at radius 1 is 1.40 bits per heavy atom. The van der Waals surface area contributed by atoms with Crippen molar-refractivity contribution in [1.82, 2.24) is 9.88 Å². The zero-order chi connectivity index (χ0) is 10.7. The number of carboxylic acid groups (broad SMARTS) is 1. The van der Waals surface area contributed by atoms with Gasteiger partial charge in [-0.2, -0.15) is 0 Å². The molecule has 0 bridgehead atoms. The van der Waals surface area contributed by atoms with E-state index in [2.05, 4.69) is 22.0 Å². The summed E-state index contributed by atoms with van der Waals surface area (Å²) in [5.41, 5.74) is 0.915. The van der Waals surface area contributed by atoms with E-state index in [1.807, 2.05) is 6.07 Å². The SMILES string of the molecule is O=C(O)c1cccc(CN2CC=CC2)n1. The third kappa shape index (κ3) is 2.41. The highest BCUT2D eigenvalue weighted by molar-refractivity contribution is 5.85. The topological polar surface area (TPSA) is 53.4 Å². The number of carboxylic acids is 1. The Labute approximate surface area is 87.9 Å². The Hall–Kier alpha value is -1.68. The monoisotopic (exact) mass is 204 g/mol. The molecule has 0 atom stereocenters. The summed E-state index contributed by atoms with van der Waals surface area (Å²) in [5, 5.41) is 8.78. The summed E-state index contributed by atoms with van der Waals surface area (Å²) in [7, 11) is 0. The lowest BCUT2D eigenvalue weighted by Crippen LogP contribution is -2.20. The summed E-state index contributed by atoms with van der Waals surface area (Å²) in [5.74, 6) is -0.976. The molecule has 0 spiro atoms. The van der Waals surface area contributed by atoms with Crippen molar-refractivity contribution in [1.29, 1.82) is 0 Å². The third-order valence-corrected chi connectivity index (χ3v) is 2.31. The smallest absolute Gasteiger partial charge is 0.354 e. The molecule has 4 nitrogen and oxygen atoms in total. The van der Waals surface area contributed by atoms with E-state index in [1.54, 1.807) is 6.07 Å². The first kappa shape index (κ1) is 9.86. The van der Waals surface area contributed by atoms with Gasteiger partial charge in [-0.25, -0.2) is 9.78 Å². The molecule has 0 saturated carbocycles. The molecule has 0 aliphatic carbocycles. The molecule has 1 aromatic heterocycles. The molecule has 1 aromatic rings. The molecule has 0 radical (unpaired) electrons. The lowest BCUT2D eigenvalue weighted by molar-refractivity contribution is 0.0690. The predicted octanol–water partition coefficient (Wildman–Crippen LogP) is 1.15. The van der Waals surface area contributed by atoms with E-state index in [0.717, 1.165) is 18.8 Å². The van der Waals surface area contributed by atoms with Crippen molar-refractivity contribution in [2.75, 3.05) is 13.1 Å². The van der Waals surface area contributed by atoms with Crippen LogP contribution in [0.15, 0.2) is 30.4 Å². The van der Waals surface area contributed by atoms with Gasteiger partial charge in [-0.3, -0.25) is 4.90 Å². The number of hydrogen-bond acceptors (Lipinski definition) is 3. The molecule has 1 aliphatic rings. The van der Waals surface area contributed by atoms with Crippen LogP contribution in [0.2, 0.25) is 0 Å². The number of hydrogen-bond donors (Lipinski definition) is 1. The fourth-order valence-electron chi connectivity index (χ4n) is 1.57. The van der Waals surface area contributed by atoms with E-state index < -0.39 is 5.97 Å². The molecule has 0 aromatic carbocycles. The fourth-order valence-corrected chi connectivity index (χ4v) is 1.57. The van der Waals surface area contributed by atoms with Crippen LogP contribution in [0, 0.1) is 0 Å². The maximum absolute atomic E-state index is 10.7. The van der Waals surface area contributed by atoms with Crippen LogP contribution in [0.5, 0.6) is 0 Å². The van der Waals surface area contributed by atoms with Crippen molar-refractivity contribution >= 4 is 5.97 Å².